The molecule has 0 bridgehead atoms. The van der Waals surface area contributed by atoms with Gasteiger partial charge in [0.05, 0.1) is 39.6 Å². The van der Waals surface area contributed by atoms with E-state index in [9.17, 15) is 0 Å². The summed E-state index contributed by atoms with van der Waals surface area (Å²) in [4.78, 5) is 4.58. The number of rotatable bonds is 10. The molecule has 0 aliphatic carbocycles. The van der Waals surface area contributed by atoms with Crippen LogP contribution in [0.15, 0.2) is 69.5 Å². The Balaban J connectivity index is 0.000000978. The SMILES string of the molecule is Cc1cc(N=Nc2n(C)nc[n+]2C)ccc1N(C)CCCN(C)c1ccc(N=Nc2n(C)nc[n+]2C)cc1C.[Cl][Zn-2]([Cl])([Cl])[Cl]. The normalized spacial score (nSPS) is 11.7. The van der Waals surface area contributed by atoms with Gasteiger partial charge in [0.25, 0.3) is 0 Å². The van der Waals surface area contributed by atoms with E-state index in [-0.39, 0.29) is 0 Å². The maximum absolute atomic E-state index is 5.05. The summed E-state index contributed by atoms with van der Waals surface area (Å²) in [6.07, 6.45) is 4.44. The van der Waals surface area contributed by atoms with Crippen LogP contribution in [-0.2, 0) is 39.0 Å². The minimum atomic E-state index is -3.36. The average Bonchev–Trinajstić information content (AvgIpc) is 3.43. The Morgan fingerprint density at radius 2 is 1.07 bits per heavy atom. The molecule has 0 spiro atoms. The monoisotopic (exact) mass is 734 g/mol. The quantitative estimate of drug-likeness (QED) is 0.0998. The third-order valence-electron chi connectivity index (χ3n) is 6.69. The van der Waals surface area contributed by atoms with Gasteiger partial charge in [0.1, 0.15) is 0 Å². The second-order valence-electron chi connectivity index (χ2n) is 10.5. The van der Waals surface area contributed by atoms with Gasteiger partial charge in [-0.2, -0.15) is 0 Å². The van der Waals surface area contributed by atoms with Gasteiger partial charge in [0.2, 0.25) is 12.7 Å². The van der Waals surface area contributed by atoms with E-state index in [0.717, 1.165) is 42.0 Å². The second kappa shape index (κ2) is 16.0. The van der Waals surface area contributed by atoms with E-state index in [1.54, 1.807) is 22.0 Å². The molecule has 0 unspecified atom stereocenters. The number of azo groups is 2. The summed E-state index contributed by atoms with van der Waals surface area (Å²) in [6, 6.07) is 12.4. The van der Waals surface area contributed by atoms with Gasteiger partial charge < -0.3 is 9.80 Å². The third kappa shape index (κ3) is 10.7. The van der Waals surface area contributed by atoms with Crippen molar-refractivity contribution in [1.29, 1.82) is 0 Å². The van der Waals surface area contributed by atoms with Crippen molar-refractivity contribution in [2.75, 3.05) is 37.0 Å². The van der Waals surface area contributed by atoms with Crippen LogP contribution in [0, 0.1) is 13.8 Å². The predicted octanol–water partition coefficient (Wildman–Crippen LogP) is 6.97. The van der Waals surface area contributed by atoms with Crippen molar-refractivity contribution in [2.45, 2.75) is 20.3 Å². The van der Waals surface area contributed by atoms with Gasteiger partial charge in [0, 0.05) is 48.8 Å². The Hall–Kier alpha value is -2.70. The van der Waals surface area contributed by atoms with Crippen LogP contribution in [0.2, 0.25) is 0 Å². The Labute approximate surface area is 277 Å². The average molecular weight is 738 g/mol. The van der Waals surface area contributed by atoms with Crippen molar-refractivity contribution < 1.29 is 19.9 Å². The molecule has 0 atom stereocenters. The Morgan fingerprint density at radius 3 is 1.36 bits per heavy atom. The summed E-state index contributed by atoms with van der Waals surface area (Å²) in [6.45, 7) is 6.09. The Morgan fingerprint density at radius 1 is 0.705 bits per heavy atom. The molecule has 0 aliphatic heterocycles. The van der Waals surface area contributed by atoms with Gasteiger partial charge in [-0.1, -0.05) is 10.2 Å². The van der Waals surface area contributed by atoms with Crippen LogP contribution in [0.1, 0.15) is 17.5 Å². The predicted molar refractivity (Wildman–Crippen MR) is 174 cm³/mol. The first-order chi connectivity index (χ1) is 20.6. The van der Waals surface area contributed by atoms with Gasteiger partial charge in [-0.05, 0) is 78.0 Å². The first-order valence-corrected chi connectivity index (χ1v) is 29.5. The van der Waals surface area contributed by atoms with Crippen LogP contribution >= 0.6 is 38.8 Å². The molecule has 12 nitrogen and oxygen atoms in total. The molecule has 2 heterocycles. The fourth-order valence-corrected chi connectivity index (χ4v) is 4.49. The summed E-state index contributed by atoms with van der Waals surface area (Å²) in [5, 5.41) is 25.8. The Kier molecular flexibility index (Phi) is 13.0. The third-order valence-corrected chi connectivity index (χ3v) is 6.69. The first-order valence-electron chi connectivity index (χ1n) is 13.9. The number of hydrogen-bond acceptors (Lipinski definition) is 8. The van der Waals surface area contributed by atoms with Crippen molar-refractivity contribution in [3.05, 3.63) is 60.2 Å². The number of anilines is 2. The molecule has 4 rings (SSSR count). The molecule has 0 amide bonds. The van der Waals surface area contributed by atoms with Crippen LogP contribution < -0.4 is 18.9 Å². The molecule has 0 radical (unpaired) electrons. The van der Waals surface area contributed by atoms with Crippen molar-refractivity contribution in [3.63, 3.8) is 0 Å². The van der Waals surface area contributed by atoms with Crippen LogP contribution in [0.5, 0.6) is 0 Å². The van der Waals surface area contributed by atoms with E-state index in [1.165, 1.54) is 11.4 Å². The van der Waals surface area contributed by atoms with Gasteiger partial charge >= 0.3 is 61.5 Å². The fourth-order valence-electron chi connectivity index (χ4n) is 4.49. The van der Waals surface area contributed by atoms with Crippen molar-refractivity contribution >= 4 is 73.4 Å². The van der Waals surface area contributed by atoms with Crippen molar-refractivity contribution in [3.8, 4) is 0 Å². The number of halogens is 4. The summed E-state index contributed by atoms with van der Waals surface area (Å²) in [5.41, 5.74) is 6.34. The molecule has 236 valence electrons. The molecule has 17 heteroatoms. The van der Waals surface area contributed by atoms with E-state index in [0.29, 0.717) is 11.9 Å². The number of hydrogen-bond donors (Lipinski definition) is 0. The standard InChI is InChI=1S/C27H38N12.4ClH.Zn/c1-20-16-22(30-32-26-36(5)18-28-38(26)7)10-12-24(20)34(3)14-9-15-35(4)25-13-11-23(17-21(25)2)31-33-27-37(6)19-29-39(27)8;;;;;/h10-13,16-19H,9,14-15H2,1-8H3;4*1H;/q+2;;;;;+2/p-4. The molecule has 2 aromatic heterocycles. The molecular weight excluding hydrogens is 700 g/mol. The van der Waals surface area contributed by atoms with Gasteiger partial charge in [-0.3, -0.25) is 0 Å². The molecule has 0 N–H and O–H groups in total. The minimum absolute atomic E-state index is 0.686. The number of nitrogens with zero attached hydrogens (tertiary/aromatic N) is 12. The zero-order valence-corrected chi connectivity index (χ0v) is 32.3. The zero-order chi connectivity index (χ0) is 32.6. The molecule has 0 fully saturated rings. The summed E-state index contributed by atoms with van der Waals surface area (Å²) in [5.74, 6) is 1.37. The maximum atomic E-state index is 5.05. The first kappa shape index (κ1) is 35.8. The molecule has 4 aromatic rings. The second-order valence-corrected chi connectivity index (χ2v) is 38.2. The van der Waals surface area contributed by atoms with Crippen LogP contribution in [0.25, 0.3) is 0 Å². The Bertz CT molecular complexity index is 1460. The van der Waals surface area contributed by atoms with Crippen LogP contribution in [0.4, 0.5) is 34.6 Å². The molecule has 44 heavy (non-hydrogen) atoms. The fraction of sp³-hybridized carbons (Fsp3) is 0.407. The van der Waals surface area contributed by atoms with Gasteiger partial charge in [-0.25, -0.2) is 9.13 Å². The van der Waals surface area contributed by atoms with E-state index in [1.807, 2.05) is 49.5 Å². The van der Waals surface area contributed by atoms with Gasteiger partial charge in [-0.15, -0.1) is 9.36 Å². The number of aryl methyl sites for hydroxylation is 6. The van der Waals surface area contributed by atoms with Crippen LogP contribution in [-0.4, -0.2) is 46.7 Å². The molecule has 0 saturated heterocycles. The van der Waals surface area contributed by atoms with E-state index in [2.05, 4.69) is 92.7 Å². The molecular formula is C27H38Cl4N12Zn. The van der Waals surface area contributed by atoms with Crippen molar-refractivity contribution in [1.82, 2.24) is 19.6 Å². The topological polar surface area (TPSA) is 99.3 Å². The summed E-state index contributed by atoms with van der Waals surface area (Å²) >= 11 is 0. The zero-order valence-electron chi connectivity index (χ0n) is 26.3. The molecule has 2 aromatic carbocycles. The summed E-state index contributed by atoms with van der Waals surface area (Å²) in [7, 11) is 28.6. The van der Waals surface area contributed by atoms with Crippen molar-refractivity contribution in [2.24, 2.45) is 48.6 Å². The van der Waals surface area contributed by atoms with Gasteiger partial charge in [0.15, 0.2) is 0 Å². The molecule has 0 saturated carbocycles. The van der Waals surface area contributed by atoms with Crippen LogP contribution in [0.3, 0.4) is 0 Å². The van der Waals surface area contributed by atoms with E-state index < -0.39 is 10.8 Å². The number of benzene rings is 2. The van der Waals surface area contributed by atoms with E-state index in [4.69, 9.17) is 38.8 Å². The number of aromatic nitrogens is 6. The van der Waals surface area contributed by atoms with E-state index >= 15 is 0 Å². The summed E-state index contributed by atoms with van der Waals surface area (Å²) < 4.78 is 7.06. The molecule has 0 aliphatic rings.